The molecule has 0 saturated carbocycles. The Morgan fingerprint density at radius 1 is 1.08 bits per heavy atom. The number of hydroxylamine groups is 2. The van der Waals surface area contributed by atoms with Gasteiger partial charge in [0, 0.05) is 19.6 Å². The third-order valence-corrected chi connectivity index (χ3v) is 4.87. The highest BCUT2D eigenvalue weighted by molar-refractivity contribution is 6.20. The fourth-order valence-electron chi connectivity index (χ4n) is 3.48. The lowest BCUT2D eigenvalue weighted by molar-refractivity contribution is -0.181. The standard InChI is InChI=1S/C18H20N2O6/c21-16-13-3-1-2-4-14(13)17(22)20(16)26-18(23)15-6-5-12(25-15)11-19-7-9-24-10-8-19/h1-4,12,15H,5-11H2/t12-,15+/m1/s1. The van der Waals surface area contributed by atoms with Crippen LogP contribution in [0.1, 0.15) is 33.6 Å². The lowest BCUT2D eigenvalue weighted by Gasteiger charge is -2.28. The molecule has 2 atom stereocenters. The van der Waals surface area contributed by atoms with Gasteiger partial charge in [0.05, 0.1) is 30.4 Å². The Morgan fingerprint density at radius 2 is 1.73 bits per heavy atom. The summed E-state index contributed by atoms with van der Waals surface area (Å²) in [7, 11) is 0. The van der Waals surface area contributed by atoms with Crippen molar-refractivity contribution in [3.8, 4) is 0 Å². The summed E-state index contributed by atoms with van der Waals surface area (Å²) in [6, 6.07) is 6.39. The predicted molar refractivity (Wildman–Crippen MR) is 88.2 cm³/mol. The van der Waals surface area contributed by atoms with Crippen molar-refractivity contribution in [1.82, 2.24) is 9.96 Å². The van der Waals surface area contributed by atoms with E-state index >= 15 is 0 Å². The van der Waals surface area contributed by atoms with E-state index in [-0.39, 0.29) is 17.2 Å². The van der Waals surface area contributed by atoms with Gasteiger partial charge in [0.1, 0.15) is 0 Å². The SMILES string of the molecule is O=C(ON1C(=O)c2ccccc2C1=O)[C@@H]1CC[C@H](CN2CCOCC2)O1. The maximum absolute atomic E-state index is 12.4. The molecule has 8 nitrogen and oxygen atoms in total. The van der Waals surface area contributed by atoms with E-state index in [1.54, 1.807) is 12.1 Å². The van der Waals surface area contributed by atoms with Gasteiger partial charge in [-0.3, -0.25) is 14.5 Å². The van der Waals surface area contributed by atoms with E-state index in [1.807, 2.05) is 0 Å². The molecule has 3 aliphatic heterocycles. The van der Waals surface area contributed by atoms with E-state index in [0.717, 1.165) is 26.1 Å². The first-order valence-corrected chi connectivity index (χ1v) is 8.78. The monoisotopic (exact) mass is 360 g/mol. The van der Waals surface area contributed by atoms with Crippen LogP contribution in [0.25, 0.3) is 0 Å². The van der Waals surface area contributed by atoms with Crippen LogP contribution in [-0.2, 0) is 19.1 Å². The molecule has 0 N–H and O–H groups in total. The summed E-state index contributed by atoms with van der Waals surface area (Å²) in [6.45, 7) is 3.85. The first-order valence-electron chi connectivity index (χ1n) is 8.78. The number of hydrogen-bond donors (Lipinski definition) is 0. The maximum atomic E-state index is 12.4. The van der Waals surface area contributed by atoms with Crippen LogP contribution < -0.4 is 0 Å². The largest absolute Gasteiger partial charge is 0.379 e. The average Bonchev–Trinajstić information content (AvgIpc) is 3.22. The van der Waals surface area contributed by atoms with Crippen molar-refractivity contribution in [2.24, 2.45) is 0 Å². The zero-order valence-electron chi connectivity index (χ0n) is 14.3. The summed E-state index contributed by atoms with van der Waals surface area (Å²) in [4.78, 5) is 44.2. The van der Waals surface area contributed by atoms with E-state index in [0.29, 0.717) is 24.7 Å². The Kier molecular flexibility index (Phi) is 4.71. The molecule has 2 fully saturated rings. The van der Waals surface area contributed by atoms with Gasteiger partial charge in [-0.15, -0.1) is 0 Å². The highest BCUT2D eigenvalue weighted by Crippen LogP contribution is 2.26. The zero-order chi connectivity index (χ0) is 18.1. The third-order valence-electron chi connectivity index (χ3n) is 4.87. The number of rotatable bonds is 4. The van der Waals surface area contributed by atoms with Gasteiger partial charge in [-0.05, 0) is 25.0 Å². The highest BCUT2D eigenvalue weighted by Gasteiger charge is 2.41. The second-order valence-electron chi connectivity index (χ2n) is 6.60. The molecule has 8 heteroatoms. The van der Waals surface area contributed by atoms with Crippen LogP contribution in [0.3, 0.4) is 0 Å². The van der Waals surface area contributed by atoms with Crippen molar-refractivity contribution in [3.05, 3.63) is 35.4 Å². The molecule has 0 unspecified atom stereocenters. The Morgan fingerprint density at radius 3 is 2.38 bits per heavy atom. The zero-order valence-corrected chi connectivity index (χ0v) is 14.3. The van der Waals surface area contributed by atoms with Gasteiger partial charge in [-0.25, -0.2) is 4.79 Å². The molecule has 1 aromatic carbocycles. The highest BCUT2D eigenvalue weighted by atomic mass is 16.7. The number of morpholine rings is 1. The molecule has 0 radical (unpaired) electrons. The number of nitrogens with zero attached hydrogens (tertiary/aromatic N) is 2. The molecule has 138 valence electrons. The quantitative estimate of drug-likeness (QED) is 0.728. The fourth-order valence-corrected chi connectivity index (χ4v) is 3.48. The van der Waals surface area contributed by atoms with Crippen molar-refractivity contribution in [2.45, 2.75) is 25.0 Å². The molecule has 0 spiro atoms. The van der Waals surface area contributed by atoms with Crippen LogP contribution in [0.4, 0.5) is 0 Å². The Bertz CT molecular complexity index is 695. The number of carbonyl (C=O) groups is 3. The van der Waals surface area contributed by atoms with E-state index in [1.165, 1.54) is 12.1 Å². The molecule has 2 saturated heterocycles. The van der Waals surface area contributed by atoms with Crippen LogP contribution in [0, 0.1) is 0 Å². The minimum Gasteiger partial charge on any atom is -0.379 e. The van der Waals surface area contributed by atoms with Crippen LogP contribution >= 0.6 is 0 Å². The summed E-state index contributed by atoms with van der Waals surface area (Å²) in [5.74, 6) is -1.95. The molecule has 0 aromatic heterocycles. The summed E-state index contributed by atoms with van der Waals surface area (Å²) in [5.41, 5.74) is 0.477. The lowest BCUT2D eigenvalue weighted by Crippen LogP contribution is -2.41. The normalized spacial score (nSPS) is 26.2. The molecular weight excluding hydrogens is 340 g/mol. The van der Waals surface area contributed by atoms with Gasteiger partial charge < -0.3 is 14.3 Å². The van der Waals surface area contributed by atoms with Crippen molar-refractivity contribution in [1.29, 1.82) is 0 Å². The Hall–Kier alpha value is -2.29. The van der Waals surface area contributed by atoms with Crippen LogP contribution in [0.15, 0.2) is 24.3 Å². The molecule has 1 aromatic rings. The van der Waals surface area contributed by atoms with Crippen LogP contribution in [-0.4, -0.2) is 72.8 Å². The molecule has 26 heavy (non-hydrogen) atoms. The van der Waals surface area contributed by atoms with E-state index in [2.05, 4.69) is 4.90 Å². The first-order chi connectivity index (χ1) is 12.6. The van der Waals surface area contributed by atoms with E-state index < -0.39 is 23.9 Å². The minimum absolute atomic E-state index is 0.0622. The summed E-state index contributed by atoms with van der Waals surface area (Å²) in [6.07, 6.45) is 0.425. The second-order valence-corrected chi connectivity index (χ2v) is 6.60. The predicted octanol–water partition coefficient (Wildman–Crippen LogP) is 0.621. The molecule has 0 bridgehead atoms. The number of imide groups is 1. The summed E-state index contributed by atoms with van der Waals surface area (Å²) < 4.78 is 11.1. The molecule has 0 aliphatic carbocycles. The Labute approximate surface area is 150 Å². The van der Waals surface area contributed by atoms with Crippen molar-refractivity contribution >= 4 is 17.8 Å². The number of benzene rings is 1. The van der Waals surface area contributed by atoms with Crippen molar-refractivity contribution < 1.29 is 28.7 Å². The van der Waals surface area contributed by atoms with Gasteiger partial charge in [-0.2, -0.15) is 0 Å². The molecular formula is C18H20N2O6. The van der Waals surface area contributed by atoms with Gasteiger partial charge in [0.15, 0.2) is 6.10 Å². The Balaban J connectivity index is 1.33. The van der Waals surface area contributed by atoms with Crippen LogP contribution in [0.5, 0.6) is 0 Å². The lowest BCUT2D eigenvalue weighted by atomic mass is 10.1. The van der Waals surface area contributed by atoms with Gasteiger partial charge in [-0.1, -0.05) is 17.2 Å². The maximum Gasteiger partial charge on any atom is 0.361 e. The average molecular weight is 360 g/mol. The molecule has 3 heterocycles. The van der Waals surface area contributed by atoms with Gasteiger partial charge >= 0.3 is 5.97 Å². The number of hydrogen-bond acceptors (Lipinski definition) is 7. The minimum atomic E-state index is -0.759. The number of ether oxygens (including phenoxy) is 2. The van der Waals surface area contributed by atoms with E-state index in [4.69, 9.17) is 14.3 Å². The third kappa shape index (κ3) is 3.23. The summed E-state index contributed by atoms with van der Waals surface area (Å²) >= 11 is 0. The van der Waals surface area contributed by atoms with Crippen molar-refractivity contribution in [3.63, 3.8) is 0 Å². The number of carbonyl (C=O) groups excluding carboxylic acids is 3. The molecule has 3 aliphatic rings. The summed E-state index contributed by atoms with van der Waals surface area (Å²) in [5, 5.41) is 0.533. The fraction of sp³-hybridized carbons (Fsp3) is 0.500. The number of fused-ring (bicyclic) bond motifs is 1. The molecule has 4 rings (SSSR count). The first kappa shape index (κ1) is 17.1. The second kappa shape index (κ2) is 7.14. The van der Waals surface area contributed by atoms with Crippen LogP contribution in [0.2, 0.25) is 0 Å². The van der Waals surface area contributed by atoms with Gasteiger partial charge in [0.25, 0.3) is 11.8 Å². The smallest absolute Gasteiger partial charge is 0.361 e. The topological polar surface area (TPSA) is 85.4 Å². The van der Waals surface area contributed by atoms with Gasteiger partial charge in [0.2, 0.25) is 0 Å². The van der Waals surface area contributed by atoms with E-state index in [9.17, 15) is 14.4 Å². The van der Waals surface area contributed by atoms with Crippen molar-refractivity contribution in [2.75, 3.05) is 32.8 Å². The number of amides is 2. The molecule has 2 amide bonds.